The van der Waals surface area contributed by atoms with E-state index in [1.54, 1.807) is 12.1 Å². The predicted molar refractivity (Wildman–Crippen MR) is 71.5 cm³/mol. The van der Waals surface area contributed by atoms with E-state index in [4.69, 9.17) is 11.5 Å². The summed E-state index contributed by atoms with van der Waals surface area (Å²) in [5, 5.41) is 3.22. The number of hydrogen-bond donors (Lipinski definition) is 3. The smallest absolute Gasteiger partial charge is 0.248 e. The SMILES string of the molecule is CCCC(C)Nc1cc(C(N)=O)cc(C(N)=O)c1. The summed E-state index contributed by atoms with van der Waals surface area (Å²) in [6.45, 7) is 4.12. The molecule has 0 heterocycles. The first kappa shape index (κ1) is 14.0. The van der Waals surface area contributed by atoms with Crippen LogP contribution in [-0.2, 0) is 0 Å². The summed E-state index contributed by atoms with van der Waals surface area (Å²) in [6.07, 6.45) is 2.04. The second-order valence-corrected chi connectivity index (χ2v) is 4.36. The molecule has 1 unspecified atom stereocenters. The molecular weight excluding hydrogens is 230 g/mol. The van der Waals surface area contributed by atoms with Crippen LogP contribution in [0.25, 0.3) is 0 Å². The van der Waals surface area contributed by atoms with Gasteiger partial charge >= 0.3 is 0 Å². The van der Waals surface area contributed by atoms with Crippen molar-refractivity contribution in [2.45, 2.75) is 32.7 Å². The Hall–Kier alpha value is -2.04. The van der Waals surface area contributed by atoms with Gasteiger partial charge in [0.15, 0.2) is 0 Å². The average molecular weight is 249 g/mol. The van der Waals surface area contributed by atoms with Crippen LogP contribution in [0, 0.1) is 0 Å². The van der Waals surface area contributed by atoms with Crippen LogP contribution in [0.3, 0.4) is 0 Å². The van der Waals surface area contributed by atoms with Gasteiger partial charge in [0.1, 0.15) is 0 Å². The highest BCUT2D eigenvalue weighted by Gasteiger charge is 2.10. The molecule has 1 aromatic rings. The standard InChI is InChI=1S/C13H19N3O2/c1-3-4-8(2)16-11-6-9(12(14)17)5-10(7-11)13(15)18/h5-8,16H,3-4H2,1-2H3,(H2,14,17)(H2,15,18). The van der Waals surface area contributed by atoms with E-state index in [0.717, 1.165) is 12.8 Å². The van der Waals surface area contributed by atoms with E-state index in [1.165, 1.54) is 6.07 Å². The summed E-state index contributed by atoms with van der Waals surface area (Å²) in [7, 11) is 0. The fourth-order valence-electron chi connectivity index (χ4n) is 1.79. The molecule has 0 bridgehead atoms. The summed E-state index contributed by atoms with van der Waals surface area (Å²) in [5.41, 5.74) is 11.7. The fourth-order valence-corrected chi connectivity index (χ4v) is 1.79. The third-order valence-electron chi connectivity index (χ3n) is 2.64. The number of carbonyl (C=O) groups is 2. The molecule has 5 N–H and O–H groups in total. The van der Waals surface area contributed by atoms with E-state index in [0.29, 0.717) is 5.69 Å². The summed E-state index contributed by atoms with van der Waals surface area (Å²) >= 11 is 0. The summed E-state index contributed by atoms with van der Waals surface area (Å²) in [6, 6.07) is 4.90. The normalized spacial score (nSPS) is 11.9. The van der Waals surface area contributed by atoms with Gasteiger partial charge in [-0.3, -0.25) is 9.59 Å². The molecule has 0 saturated heterocycles. The lowest BCUT2D eigenvalue weighted by Gasteiger charge is -2.15. The van der Waals surface area contributed by atoms with Crippen LogP contribution in [0.2, 0.25) is 0 Å². The fraction of sp³-hybridized carbons (Fsp3) is 0.385. The number of amides is 2. The maximum absolute atomic E-state index is 11.2. The number of carbonyl (C=O) groups excluding carboxylic acids is 2. The molecule has 18 heavy (non-hydrogen) atoms. The van der Waals surface area contributed by atoms with Crippen molar-refractivity contribution in [2.24, 2.45) is 11.5 Å². The molecular formula is C13H19N3O2. The van der Waals surface area contributed by atoms with Gasteiger partial charge in [-0.1, -0.05) is 13.3 Å². The lowest BCUT2D eigenvalue weighted by molar-refractivity contribution is 0.0999. The highest BCUT2D eigenvalue weighted by molar-refractivity contribution is 5.99. The van der Waals surface area contributed by atoms with Crippen molar-refractivity contribution in [3.63, 3.8) is 0 Å². The van der Waals surface area contributed by atoms with Crippen molar-refractivity contribution >= 4 is 17.5 Å². The molecule has 0 aliphatic rings. The minimum absolute atomic E-state index is 0.249. The lowest BCUT2D eigenvalue weighted by Crippen LogP contribution is -2.19. The topological polar surface area (TPSA) is 98.2 Å². The number of nitrogens with two attached hydrogens (primary N) is 2. The summed E-state index contributed by atoms with van der Waals surface area (Å²) < 4.78 is 0. The Balaban J connectivity index is 3.03. The third-order valence-corrected chi connectivity index (χ3v) is 2.64. The molecule has 0 fully saturated rings. The van der Waals surface area contributed by atoms with Gasteiger partial charge in [-0.2, -0.15) is 0 Å². The average Bonchev–Trinajstić information content (AvgIpc) is 2.28. The number of rotatable bonds is 6. The van der Waals surface area contributed by atoms with Crippen LogP contribution in [0.4, 0.5) is 5.69 Å². The van der Waals surface area contributed by atoms with E-state index in [1.807, 2.05) is 6.92 Å². The van der Waals surface area contributed by atoms with E-state index < -0.39 is 11.8 Å². The Morgan fingerprint density at radius 1 is 1.17 bits per heavy atom. The van der Waals surface area contributed by atoms with Crippen LogP contribution < -0.4 is 16.8 Å². The van der Waals surface area contributed by atoms with E-state index in [2.05, 4.69) is 12.2 Å². The number of benzene rings is 1. The molecule has 0 saturated carbocycles. The maximum atomic E-state index is 11.2. The highest BCUT2D eigenvalue weighted by atomic mass is 16.1. The Labute approximate surface area is 107 Å². The van der Waals surface area contributed by atoms with Crippen LogP contribution in [0.15, 0.2) is 18.2 Å². The molecule has 1 atom stereocenters. The molecule has 0 aliphatic carbocycles. The first-order chi connectivity index (χ1) is 8.43. The largest absolute Gasteiger partial charge is 0.383 e. The Morgan fingerprint density at radius 2 is 1.67 bits per heavy atom. The molecule has 1 aromatic carbocycles. The Bertz CT molecular complexity index is 425. The molecule has 1 rings (SSSR count). The minimum atomic E-state index is -0.579. The van der Waals surface area contributed by atoms with Crippen molar-refractivity contribution in [3.8, 4) is 0 Å². The van der Waals surface area contributed by atoms with Crippen LogP contribution in [0.5, 0.6) is 0 Å². The van der Waals surface area contributed by atoms with Crippen molar-refractivity contribution in [2.75, 3.05) is 5.32 Å². The Kier molecular flexibility index (Phi) is 4.71. The molecule has 5 heteroatoms. The van der Waals surface area contributed by atoms with Gasteiger partial charge in [-0.05, 0) is 31.5 Å². The monoisotopic (exact) mass is 249 g/mol. The molecule has 0 spiro atoms. The van der Waals surface area contributed by atoms with Gasteiger partial charge in [0.05, 0.1) is 0 Å². The van der Waals surface area contributed by atoms with Crippen molar-refractivity contribution in [1.82, 2.24) is 0 Å². The molecule has 5 nitrogen and oxygen atoms in total. The molecule has 0 radical (unpaired) electrons. The van der Waals surface area contributed by atoms with E-state index in [-0.39, 0.29) is 17.2 Å². The van der Waals surface area contributed by atoms with E-state index in [9.17, 15) is 9.59 Å². The van der Waals surface area contributed by atoms with Crippen LogP contribution >= 0.6 is 0 Å². The Morgan fingerprint density at radius 3 is 2.06 bits per heavy atom. The predicted octanol–water partition coefficient (Wildman–Crippen LogP) is 1.48. The number of primary amides is 2. The quantitative estimate of drug-likeness (QED) is 0.712. The second kappa shape index (κ2) is 6.05. The molecule has 98 valence electrons. The van der Waals surface area contributed by atoms with Crippen molar-refractivity contribution in [3.05, 3.63) is 29.3 Å². The van der Waals surface area contributed by atoms with E-state index >= 15 is 0 Å². The zero-order valence-corrected chi connectivity index (χ0v) is 10.7. The minimum Gasteiger partial charge on any atom is -0.383 e. The number of nitrogens with one attached hydrogen (secondary N) is 1. The van der Waals surface area contributed by atoms with Crippen molar-refractivity contribution < 1.29 is 9.59 Å². The first-order valence-corrected chi connectivity index (χ1v) is 5.95. The zero-order chi connectivity index (χ0) is 13.7. The van der Waals surface area contributed by atoms with Crippen LogP contribution in [0.1, 0.15) is 47.4 Å². The molecule has 0 aromatic heterocycles. The highest BCUT2D eigenvalue weighted by Crippen LogP contribution is 2.16. The van der Waals surface area contributed by atoms with Gasteiger partial charge in [-0.15, -0.1) is 0 Å². The summed E-state index contributed by atoms with van der Waals surface area (Å²) in [5.74, 6) is -1.16. The number of anilines is 1. The second-order valence-electron chi connectivity index (χ2n) is 4.36. The van der Waals surface area contributed by atoms with Crippen LogP contribution in [-0.4, -0.2) is 17.9 Å². The summed E-state index contributed by atoms with van der Waals surface area (Å²) in [4.78, 5) is 22.4. The van der Waals surface area contributed by atoms with Gasteiger partial charge in [-0.25, -0.2) is 0 Å². The van der Waals surface area contributed by atoms with Crippen molar-refractivity contribution in [1.29, 1.82) is 0 Å². The van der Waals surface area contributed by atoms with Gasteiger partial charge in [0.2, 0.25) is 11.8 Å². The maximum Gasteiger partial charge on any atom is 0.248 e. The van der Waals surface area contributed by atoms with Gasteiger partial charge in [0.25, 0.3) is 0 Å². The molecule has 0 aliphatic heterocycles. The third kappa shape index (κ3) is 3.76. The first-order valence-electron chi connectivity index (χ1n) is 5.95. The zero-order valence-electron chi connectivity index (χ0n) is 10.7. The molecule has 2 amide bonds. The number of hydrogen-bond acceptors (Lipinski definition) is 3. The van der Waals surface area contributed by atoms with Gasteiger partial charge < -0.3 is 16.8 Å². The lowest BCUT2D eigenvalue weighted by atomic mass is 10.1. The van der Waals surface area contributed by atoms with Gasteiger partial charge in [0, 0.05) is 22.9 Å².